The minimum atomic E-state index is -0.115. The smallest absolute Gasteiger partial charge is 0.265 e. The van der Waals surface area contributed by atoms with Gasteiger partial charge in [0.2, 0.25) is 0 Å². The molecule has 2 heterocycles. The maximum atomic E-state index is 12.6. The highest BCUT2D eigenvalue weighted by molar-refractivity contribution is 8.26. The van der Waals surface area contributed by atoms with Gasteiger partial charge in [0.15, 0.2) is 0 Å². The number of nitrogens with zero attached hydrogens (tertiary/aromatic N) is 3. The van der Waals surface area contributed by atoms with Gasteiger partial charge in [-0.2, -0.15) is 5.10 Å². The number of thiocarbonyl (C=S) groups is 1. The quantitative estimate of drug-likeness (QED) is 0.227. The molecule has 0 atom stereocenters. The second-order valence-electron chi connectivity index (χ2n) is 7.30. The van der Waals surface area contributed by atoms with Gasteiger partial charge < -0.3 is 4.74 Å². The van der Waals surface area contributed by atoms with Crippen molar-refractivity contribution in [3.63, 3.8) is 0 Å². The van der Waals surface area contributed by atoms with Crippen molar-refractivity contribution in [1.82, 2.24) is 14.7 Å². The Labute approximate surface area is 202 Å². The third-order valence-corrected chi connectivity index (χ3v) is 6.78. The number of hydrogen-bond donors (Lipinski definition) is 0. The van der Waals surface area contributed by atoms with Crippen molar-refractivity contribution in [3.8, 4) is 22.7 Å². The summed E-state index contributed by atoms with van der Waals surface area (Å²) in [7, 11) is 1.68. The average Bonchev–Trinajstić information content (AvgIpc) is 3.32. The van der Waals surface area contributed by atoms with Crippen LogP contribution in [0.25, 0.3) is 23.0 Å². The first-order valence-corrected chi connectivity index (χ1v) is 11.9. The molecule has 1 saturated heterocycles. The summed E-state index contributed by atoms with van der Waals surface area (Å²) >= 11 is 13.1. The van der Waals surface area contributed by atoms with Gasteiger partial charge in [0.1, 0.15) is 15.8 Å². The normalized spacial score (nSPS) is 15.1. The molecule has 1 aliphatic heterocycles. The van der Waals surface area contributed by atoms with Crippen LogP contribution in [0.4, 0.5) is 0 Å². The number of benzene rings is 2. The SMILES string of the molecule is CCCCOc1ccc(-c2nn(-c3ccccc3)cc2/C=C2\SC(=S)N(C)C2=O)cc1Cl. The molecular weight excluding hydrogens is 462 g/mol. The van der Waals surface area contributed by atoms with Crippen LogP contribution < -0.4 is 4.74 Å². The fraction of sp³-hybridized carbons (Fsp3) is 0.208. The Balaban J connectivity index is 1.75. The van der Waals surface area contributed by atoms with Gasteiger partial charge in [-0.05, 0) is 42.8 Å². The van der Waals surface area contributed by atoms with Crippen LogP contribution in [-0.4, -0.2) is 38.6 Å². The molecule has 1 aromatic heterocycles. The largest absolute Gasteiger partial charge is 0.492 e. The minimum Gasteiger partial charge on any atom is -0.492 e. The topological polar surface area (TPSA) is 47.4 Å². The lowest BCUT2D eigenvalue weighted by molar-refractivity contribution is -0.121. The third-order valence-electron chi connectivity index (χ3n) is 5.00. The van der Waals surface area contributed by atoms with Gasteiger partial charge in [0.25, 0.3) is 5.91 Å². The van der Waals surface area contributed by atoms with E-state index in [1.165, 1.54) is 16.7 Å². The number of hydrogen-bond acceptors (Lipinski definition) is 5. The Hall–Kier alpha value is -2.61. The van der Waals surface area contributed by atoms with E-state index in [2.05, 4.69) is 6.92 Å². The molecule has 0 spiro atoms. The van der Waals surface area contributed by atoms with Crippen LogP contribution in [0, 0.1) is 0 Å². The summed E-state index contributed by atoms with van der Waals surface area (Å²) in [6, 6.07) is 15.5. The van der Waals surface area contributed by atoms with Crippen molar-refractivity contribution in [1.29, 1.82) is 0 Å². The lowest BCUT2D eigenvalue weighted by atomic mass is 10.1. The van der Waals surface area contributed by atoms with Gasteiger partial charge >= 0.3 is 0 Å². The van der Waals surface area contributed by atoms with E-state index in [1.54, 1.807) is 11.7 Å². The van der Waals surface area contributed by atoms with E-state index in [0.29, 0.717) is 26.6 Å². The molecule has 0 radical (unpaired) electrons. The summed E-state index contributed by atoms with van der Waals surface area (Å²) in [5.74, 6) is 0.538. The number of carbonyl (C=O) groups is 1. The Morgan fingerprint density at radius 1 is 1.22 bits per heavy atom. The molecule has 8 heteroatoms. The van der Waals surface area contributed by atoms with Crippen LogP contribution in [-0.2, 0) is 4.79 Å². The van der Waals surface area contributed by atoms with E-state index in [0.717, 1.165) is 35.3 Å². The minimum absolute atomic E-state index is 0.115. The predicted molar refractivity (Wildman–Crippen MR) is 135 cm³/mol. The fourth-order valence-corrected chi connectivity index (χ4v) is 4.61. The molecule has 1 aliphatic rings. The van der Waals surface area contributed by atoms with Crippen LogP contribution in [0.1, 0.15) is 25.3 Å². The summed E-state index contributed by atoms with van der Waals surface area (Å²) in [5, 5.41) is 5.33. The van der Waals surface area contributed by atoms with Gasteiger partial charge in [0.05, 0.1) is 22.2 Å². The molecule has 0 aliphatic carbocycles. The highest BCUT2D eigenvalue weighted by atomic mass is 35.5. The van der Waals surface area contributed by atoms with Crippen LogP contribution in [0.15, 0.2) is 59.6 Å². The predicted octanol–water partition coefficient (Wildman–Crippen LogP) is 6.20. The number of para-hydroxylation sites is 1. The van der Waals surface area contributed by atoms with Gasteiger partial charge in [-0.1, -0.05) is 67.1 Å². The Morgan fingerprint density at radius 2 is 2.00 bits per heavy atom. The number of halogens is 1. The molecule has 0 saturated carbocycles. The van der Waals surface area contributed by atoms with Gasteiger partial charge in [-0.25, -0.2) is 4.68 Å². The standard InChI is InChI=1S/C24H22ClN3O2S2/c1-3-4-12-30-20-11-10-16(13-19(20)25)22-17(14-21-23(29)27(2)24(31)32-21)15-28(26-22)18-8-6-5-7-9-18/h5-11,13-15H,3-4,12H2,1-2H3/b21-14-. The lowest BCUT2D eigenvalue weighted by Crippen LogP contribution is -2.22. The number of amides is 1. The average molecular weight is 484 g/mol. The Bertz CT molecular complexity index is 1190. The lowest BCUT2D eigenvalue weighted by Gasteiger charge is -2.09. The highest BCUT2D eigenvalue weighted by Crippen LogP contribution is 2.36. The van der Waals surface area contributed by atoms with Gasteiger partial charge in [0, 0.05) is 24.4 Å². The van der Waals surface area contributed by atoms with Crippen molar-refractivity contribution in [2.45, 2.75) is 19.8 Å². The van der Waals surface area contributed by atoms with Crippen molar-refractivity contribution in [3.05, 3.63) is 70.2 Å². The molecule has 0 unspecified atom stereocenters. The first-order valence-electron chi connectivity index (χ1n) is 10.3. The number of thioether (sulfide) groups is 1. The third kappa shape index (κ3) is 4.75. The summed E-state index contributed by atoms with van der Waals surface area (Å²) in [6.07, 6.45) is 5.77. The van der Waals surface area contributed by atoms with Crippen molar-refractivity contribution in [2.75, 3.05) is 13.7 Å². The molecular formula is C24H22ClN3O2S2. The zero-order valence-corrected chi connectivity index (χ0v) is 20.1. The molecule has 1 fully saturated rings. The van der Waals surface area contributed by atoms with Gasteiger partial charge in [-0.15, -0.1) is 0 Å². The van der Waals surface area contributed by atoms with E-state index in [9.17, 15) is 4.79 Å². The Morgan fingerprint density at radius 3 is 2.66 bits per heavy atom. The molecule has 32 heavy (non-hydrogen) atoms. The molecule has 1 amide bonds. The summed E-state index contributed by atoms with van der Waals surface area (Å²) in [6.45, 7) is 2.74. The van der Waals surface area contributed by atoms with E-state index in [-0.39, 0.29) is 5.91 Å². The molecule has 2 aromatic carbocycles. The summed E-state index contributed by atoms with van der Waals surface area (Å²) < 4.78 is 8.12. The molecule has 3 aromatic rings. The number of rotatable bonds is 7. The number of unbranched alkanes of at least 4 members (excludes halogenated alkanes) is 1. The van der Waals surface area contributed by atoms with Crippen molar-refractivity contribution < 1.29 is 9.53 Å². The van der Waals surface area contributed by atoms with Crippen LogP contribution in [0.3, 0.4) is 0 Å². The summed E-state index contributed by atoms with van der Waals surface area (Å²) in [5.41, 5.74) is 3.28. The number of ether oxygens (including phenoxy) is 1. The van der Waals surface area contributed by atoms with E-state index < -0.39 is 0 Å². The molecule has 0 bridgehead atoms. The first-order chi connectivity index (χ1) is 15.5. The highest BCUT2D eigenvalue weighted by Gasteiger charge is 2.29. The Kier molecular flexibility index (Phi) is 6.98. The van der Waals surface area contributed by atoms with Crippen LogP contribution >= 0.6 is 35.6 Å². The molecule has 4 rings (SSSR count). The van der Waals surface area contributed by atoms with Crippen LogP contribution in [0.2, 0.25) is 5.02 Å². The number of aromatic nitrogens is 2. The van der Waals surface area contributed by atoms with E-state index in [4.69, 9.17) is 33.7 Å². The molecule has 5 nitrogen and oxygen atoms in total. The second-order valence-corrected chi connectivity index (χ2v) is 9.38. The van der Waals surface area contributed by atoms with Crippen molar-refractivity contribution >= 4 is 51.9 Å². The first kappa shape index (κ1) is 22.6. The van der Waals surface area contributed by atoms with Crippen LogP contribution in [0.5, 0.6) is 5.75 Å². The van der Waals surface area contributed by atoms with E-state index >= 15 is 0 Å². The van der Waals surface area contributed by atoms with E-state index in [1.807, 2.05) is 60.8 Å². The maximum Gasteiger partial charge on any atom is 0.265 e. The fourth-order valence-electron chi connectivity index (χ4n) is 3.21. The molecule has 164 valence electrons. The number of carbonyl (C=O) groups excluding carboxylic acids is 1. The van der Waals surface area contributed by atoms with Crippen molar-refractivity contribution in [2.24, 2.45) is 0 Å². The zero-order chi connectivity index (χ0) is 22.7. The summed E-state index contributed by atoms with van der Waals surface area (Å²) in [4.78, 5) is 14.6. The zero-order valence-electron chi connectivity index (χ0n) is 17.7. The van der Waals surface area contributed by atoms with Gasteiger partial charge in [-0.3, -0.25) is 9.69 Å². The molecule has 0 N–H and O–H groups in total. The second kappa shape index (κ2) is 9.90. The monoisotopic (exact) mass is 483 g/mol. The number of likely N-dealkylation sites (N-methyl/N-ethyl adjacent to an activating group) is 1. The maximum absolute atomic E-state index is 12.6.